The van der Waals surface area contributed by atoms with Crippen LogP contribution in [-0.2, 0) is 14.4 Å². The summed E-state index contributed by atoms with van der Waals surface area (Å²) in [5.41, 5.74) is 5.17. The minimum Gasteiger partial charge on any atom is -0.368 e. The van der Waals surface area contributed by atoms with E-state index in [0.717, 1.165) is 19.3 Å². The molecule has 7 nitrogen and oxygen atoms in total. The van der Waals surface area contributed by atoms with Crippen LogP contribution in [-0.4, -0.2) is 63.4 Å². The molecule has 140 valence electrons. The molecule has 0 aromatic carbocycles. The number of primary amides is 1. The van der Waals surface area contributed by atoms with Gasteiger partial charge in [0.05, 0.1) is 6.07 Å². The first-order chi connectivity index (χ1) is 11.8. The number of carbonyl (C=O) groups excluding carboxylic acids is 3. The quantitative estimate of drug-likeness (QED) is 0.730. The van der Waals surface area contributed by atoms with Crippen LogP contribution in [0.1, 0.15) is 39.5 Å². The number of hydrogen-bond acceptors (Lipinski definition) is 4. The summed E-state index contributed by atoms with van der Waals surface area (Å²) in [6.45, 7) is 3.84. The maximum atomic E-state index is 11.3. The zero-order chi connectivity index (χ0) is 19.1. The molecule has 2 heterocycles. The van der Waals surface area contributed by atoms with E-state index in [1.807, 2.05) is 13.8 Å². The molecule has 25 heavy (non-hydrogen) atoms. The zero-order valence-electron chi connectivity index (χ0n) is 14.5. The third-order valence-corrected chi connectivity index (χ3v) is 5.08. The predicted molar refractivity (Wildman–Crippen MR) is 94.9 cm³/mol. The third kappa shape index (κ3) is 5.23. The minimum atomic E-state index is -0.457. The Morgan fingerprint density at radius 3 is 1.96 bits per heavy atom. The molecule has 0 aromatic rings. The molecule has 2 aliphatic heterocycles. The molecular formula is C16H24Cl2N4O3. The molecule has 2 N–H and O–H groups in total. The van der Waals surface area contributed by atoms with E-state index in [2.05, 4.69) is 6.07 Å². The second kappa shape index (κ2) is 9.83. The number of nitrogens with two attached hydrogens (primary N) is 1. The maximum Gasteiger partial charge on any atom is 0.240 e. The van der Waals surface area contributed by atoms with Crippen molar-refractivity contribution in [1.82, 2.24) is 9.80 Å². The number of nitriles is 1. The first kappa shape index (κ1) is 21.5. The van der Waals surface area contributed by atoms with Crippen molar-refractivity contribution < 1.29 is 14.4 Å². The van der Waals surface area contributed by atoms with Crippen molar-refractivity contribution >= 4 is 40.9 Å². The van der Waals surface area contributed by atoms with Crippen LogP contribution in [0.15, 0.2) is 0 Å². The number of halogens is 2. The average molecular weight is 391 g/mol. The topological polar surface area (TPSA) is 108 Å². The third-order valence-electron chi connectivity index (χ3n) is 4.62. The van der Waals surface area contributed by atoms with Crippen molar-refractivity contribution in [3.63, 3.8) is 0 Å². The molecule has 0 aromatic heterocycles. The summed E-state index contributed by atoms with van der Waals surface area (Å²) in [5.74, 6) is -0.900. The summed E-state index contributed by atoms with van der Waals surface area (Å²) in [7, 11) is 0. The van der Waals surface area contributed by atoms with E-state index < -0.39 is 11.9 Å². The van der Waals surface area contributed by atoms with Gasteiger partial charge in [0.25, 0.3) is 0 Å². The Morgan fingerprint density at radius 2 is 1.48 bits per heavy atom. The highest BCUT2D eigenvalue weighted by atomic mass is 35.5. The summed E-state index contributed by atoms with van der Waals surface area (Å²) >= 11 is 10.8. The Kier molecular flexibility index (Phi) is 8.46. The van der Waals surface area contributed by atoms with Crippen LogP contribution in [0.25, 0.3) is 0 Å². The van der Waals surface area contributed by atoms with Crippen molar-refractivity contribution in [2.75, 3.05) is 11.8 Å². The summed E-state index contributed by atoms with van der Waals surface area (Å²) in [4.78, 5) is 36.6. The summed E-state index contributed by atoms with van der Waals surface area (Å²) in [6.07, 6.45) is 3.15. The Morgan fingerprint density at radius 1 is 1.00 bits per heavy atom. The van der Waals surface area contributed by atoms with Crippen molar-refractivity contribution in [2.45, 2.75) is 63.7 Å². The minimum absolute atomic E-state index is 0.0253. The highest BCUT2D eigenvalue weighted by molar-refractivity contribution is 6.27. The van der Waals surface area contributed by atoms with Gasteiger partial charge in [-0.05, 0) is 39.5 Å². The van der Waals surface area contributed by atoms with Crippen LogP contribution >= 0.6 is 23.2 Å². The molecule has 2 fully saturated rings. The Balaban J connectivity index is 0.000000251. The first-order valence-electron chi connectivity index (χ1n) is 8.21. The first-order valence-corrected chi connectivity index (χ1v) is 9.28. The van der Waals surface area contributed by atoms with Crippen LogP contribution in [0.3, 0.4) is 0 Å². The fraction of sp³-hybridized carbons (Fsp3) is 0.750. The van der Waals surface area contributed by atoms with Crippen LogP contribution in [0.5, 0.6) is 0 Å². The van der Waals surface area contributed by atoms with E-state index in [1.54, 1.807) is 4.90 Å². The predicted octanol–water partition coefficient (Wildman–Crippen LogP) is 1.22. The summed E-state index contributed by atoms with van der Waals surface area (Å²) in [5, 5.41) is 8.71. The molecule has 0 bridgehead atoms. The second-order valence-electron chi connectivity index (χ2n) is 6.29. The molecule has 0 radical (unpaired) electrons. The van der Waals surface area contributed by atoms with Crippen molar-refractivity contribution in [2.24, 2.45) is 5.73 Å². The number of hydrogen-bond donors (Lipinski definition) is 1. The van der Waals surface area contributed by atoms with Crippen LogP contribution in [0.4, 0.5) is 0 Å². The molecule has 9 heteroatoms. The summed E-state index contributed by atoms with van der Waals surface area (Å²) < 4.78 is 0. The molecule has 0 spiro atoms. The smallest absolute Gasteiger partial charge is 0.240 e. The molecular weight excluding hydrogens is 367 g/mol. The number of nitrogens with zero attached hydrogens (tertiary/aromatic N) is 3. The van der Waals surface area contributed by atoms with Crippen LogP contribution in [0, 0.1) is 11.3 Å². The van der Waals surface area contributed by atoms with E-state index in [-0.39, 0.29) is 41.7 Å². The zero-order valence-corrected chi connectivity index (χ0v) is 16.0. The van der Waals surface area contributed by atoms with Gasteiger partial charge in [0.2, 0.25) is 17.7 Å². The monoisotopic (exact) mass is 390 g/mol. The number of carbonyl (C=O) groups is 3. The SMILES string of the molecule is C[C@H]1CC[C@@H](C#N)N1C(=O)CCl.C[C@H]1CC[C@@H](C(N)=O)N1C(=O)CCl. The Bertz CT molecular complexity index is 552. The lowest BCUT2D eigenvalue weighted by Gasteiger charge is -2.25. The number of amides is 3. The van der Waals surface area contributed by atoms with Gasteiger partial charge >= 0.3 is 0 Å². The van der Waals surface area contributed by atoms with Gasteiger partial charge < -0.3 is 15.5 Å². The van der Waals surface area contributed by atoms with E-state index >= 15 is 0 Å². The molecule has 0 aliphatic carbocycles. The molecule has 4 atom stereocenters. The van der Waals surface area contributed by atoms with Crippen molar-refractivity contribution in [3.8, 4) is 6.07 Å². The van der Waals surface area contributed by atoms with Gasteiger partial charge in [-0.2, -0.15) is 5.26 Å². The van der Waals surface area contributed by atoms with E-state index in [1.165, 1.54) is 4.90 Å². The average Bonchev–Trinajstić information content (AvgIpc) is 3.16. The largest absolute Gasteiger partial charge is 0.368 e. The molecule has 2 rings (SSSR count). The van der Waals surface area contributed by atoms with Crippen LogP contribution < -0.4 is 5.73 Å². The molecule has 0 unspecified atom stereocenters. The lowest BCUT2D eigenvalue weighted by atomic mass is 10.2. The van der Waals surface area contributed by atoms with E-state index in [9.17, 15) is 14.4 Å². The van der Waals surface area contributed by atoms with E-state index in [0.29, 0.717) is 6.42 Å². The Labute approximate surface area is 158 Å². The summed E-state index contributed by atoms with van der Waals surface area (Å²) in [6, 6.07) is 1.63. The molecule has 2 saturated heterocycles. The van der Waals surface area contributed by atoms with Gasteiger partial charge in [0, 0.05) is 12.1 Å². The van der Waals surface area contributed by atoms with Crippen molar-refractivity contribution in [1.29, 1.82) is 5.26 Å². The highest BCUT2D eigenvalue weighted by Crippen LogP contribution is 2.24. The number of alkyl halides is 2. The Hall–Kier alpha value is -1.52. The van der Waals surface area contributed by atoms with Gasteiger partial charge in [-0.1, -0.05) is 0 Å². The molecule has 0 saturated carbocycles. The van der Waals surface area contributed by atoms with Gasteiger partial charge in [0.1, 0.15) is 23.8 Å². The molecule has 3 amide bonds. The van der Waals surface area contributed by atoms with Crippen LogP contribution in [0.2, 0.25) is 0 Å². The van der Waals surface area contributed by atoms with Crippen molar-refractivity contribution in [3.05, 3.63) is 0 Å². The number of rotatable bonds is 3. The lowest BCUT2D eigenvalue weighted by Crippen LogP contribution is -2.47. The molecule has 2 aliphatic rings. The van der Waals surface area contributed by atoms with Gasteiger partial charge in [-0.25, -0.2) is 0 Å². The van der Waals surface area contributed by atoms with Gasteiger partial charge in [-0.15, -0.1) is 23.2 Å². The van der Waals surface area contributed by atoms with Gasteiger partial charge in [-0.3, -0.25) is 14.4 Å². The normalized spacial score (nSPS) is 28.1. The van der Waals surface area contributed by atoms with Gasteiger partial charge in [0.15, 0.2) is 0 Å². The standard InChI is InChI=1S/C8H13ClN2O2.C8H11ClN2O/c1-5-2-3-6(8(10)13)11(5)7(12)4-9;1-6-2-3-7(5-10)11(6)8(12)4-9/h5-6H,2-4H2,1H3,(H2,10,13);6-7H,2-4H2,1H3/t5-,6-;6-,7-/m00/s1. The highest BCUT2D eigenvalue weighted by Gasteiger charge is 2.37. The van der Waals surface area contributed by atoms with E-state index in [4.69, 9.17) is 34.2 Å². The lowest BCUT2D eigenvalue weighted by molar-refractivity contribution is -0.136. The second-order valence-corrected chi connectivity index (χ2v) is 6.82. The number of likely N-dealkylation sites (tertiary alicyclic amines) is 2. The fourth-order valence-corrected chi connectivity index (χ4v) is 3.63. The fourth-order valence-electron chi connectivity index (χ4n) is 3.35. The maximum absolute atomic E-state index is 11.3.